The average molecular weight is 531 g/mol. The molecule has 10 heteroatoms. The second-order valence-electron chi connectivity index (χ2n) is 7.82. The van der Waals surface area contributed by atoms with Gasteiger partial charge in [0.15, 0.2) is 17.3 Å². The number of ether oxygens (including phenoxy) is 2. The van der Waals surface area contributed by atoms with Crippen LogP contribution in [0.5, 0.6) is 11.5 Å². The fourth-order valence-electron chi connectivity index (χ4n) is 4.21. The molecule has 33 heavy (non-hydrogen) atoms. The van der Waals surface area contributed by atoms with Crippen LogP contribution in [-0.4, -0.2) is 32.6 Å². The van der Waals surface area contributed by atoms with Crippen LogP contribution in [-0.2, 0) is 11.4 Å². The van der Waals surface area contributed by atoms with Crippen molar-refractivity contribution in [2.24, 2.45) is 0 Å². The third-order valence-corrected chi connectivity index (χ3v) is 6.51. The number of carbonyl (C=O) groups excluding carboxylic acids is 1. The Labute approximate surface area is 204 Å². The van der Waals surface area contributed by atoms with Gasteiger partial charge in [0.1, 0.15) is 12.6 Å². The largest absolute Gasteiger partial charge is 0.490 e. The highest BCUT2D eigenvalue weighted by molar-refractivity contribution is 9.10. The number of nitrogens with zero attached hydrogens (tertiary/aromatic N) is 4. The number of hydrogen-bond donors (Lipinski definition) is 1. The Bertz CT molecular complexity index is 1240. The number of aromatic nitrogens is 4. The third-order valence-electron chi connectivity index (χ3n) is 5.67. The van der Waals surface area contributed by atoms with Gasteiger partial charge in [-0.05, 0) is 81.5 Å². The van der Waals surface area contributed by atoms with Gasteiger partial charge in [0.2, 0.25) is 5.95 Å². The van der Waals surface area contributed by atoms with Crippen molar-refractivity contribution in [3.05, 3.63) is 68.3 Å². The predicted octanol–water partition coefficient (Wildman–Crippen LogP) is 5.09. The first-order valence-corrected chi connectivity index (χ1v) is 11.9. The van der Waals surface area contributed by atoms with E-state index in [-0.39, 0.29) is 5.78 Å². The second-order valence-corrected chi connectivity index (χ2v) is 9.11. The summed E-state index contributed by atoms with van der Waals surface area (Å²) >= 11 is 9.63. The number of hydrogen-bond acceptors (Lipinski definition) is 7. The van der Waals surface area contributed by atoms with Gasteiger partial charge >= 0.3 is 0 Å². The van der Waals surface area contributed by atoms with Gasteiger partial charge < -0.3 is 14.8 Å². The van der Waals surface area contributed by atoms with Gasteiger partial charge in [-0.2, -0.15) is 4.68 Å². The zero-order valence-corrected chi connectivity index (χ0v) is 20.2. The number of anilines is 1. The minimum absolute atomic E-state index is 0.104. The van der Waals surface area contributed by atoms with E-state index in [0.29, 0.717) is 47.7 Å². The molecule has 1 aliphatic heterocycles. The van der Waals surface area contributed by atoms with Crippen LogP contribution in [0.3, 0.4) is 0 Å². The molecule has 170 valence electrons. The van der Waals surface area contributed by atoms with Crippen LogP contribution in [0.25, 0.3) is 0 Å². The van der Waals surface area contributed by atoms with Crippen molar-refractivity contribution in [2.75, 3.05) is 11.9 Å². The highest BCUT2D eigenvalue weighted by Gasteiger charge is 2.37. The zero-order chi connectivity index (χ0) is 22.9. The molecular weight excluding hydrogens is 510 g/mol. The fourth-order valence-corrected chi connectivity index (χ4v) is 4.91. The summed E-state index contributed by atoms with van der Waals surface area (Å²) in [4.78, 5) is 12.9. The Kier molecular flexibility index (Phi) is 6.07. The Hall–Kier alpha value is -2.91. The first kappa shape index (κ1) is 21.9. The maximum atomic E-state index is 12.9. The van der Waals surface area contributed by atoms with Crippen LogP contribution < -0.4 is 14.8 Å². The molecule has 3 aromatic rings. The molecule has 0 saturated carbocycles. The lowest BCUT2D eigenvalue weighted by molar-refractivity contribution is -0.116. The molecular formula is C23H21BrClN5O3. The minimum atomic E-state index is -0.445. The molecule has 1 unspecified atom stereocenters. The molecule has 1 aliphatic carbocycles. The predicted molar refractivity (Wildman–Crippen MR) is 127 cm³/mol. The Balaban J connectivity index is 1.54. The number of nitrogens with one attached hydrogen (secondary N) is 1. The van der Waals surface area contributed by atoms with Crippen molar-refractivity contribution in [3.63, 3.8) is 0 Å². The average Bonchev–Trinajstić information content (AvgIpc) is 3.27. The highest BCUT2D eigenvalue weighted by atomic mass is 79.9. The van der Waals surface area contributed by atoms with Gasteiger partial charge in [0.25, 0.3) is 0 Å². The molecule has 8 nitrogen and oxygen atoms in total. The number of tetrazole rings is 1. The molecule has 0 amide bonds. The molecule has 0 bridgehead atoms. The number of halogens is 2. The van der Waals surface area contributed by atoms with E-state index in [1.165, 1.54) is 0 Å². The third kappa shape index (κ3) is 4.22. The van der Waals surface area contributed by atoms with Crippen molar-refractivity contribution < 1.29 is 14.3 Å². The van der Waals surface area contributed by atoms with Gasteiger partial charge in [0, 0.05) is 22.7 Å². The standard InChI is InChI=1S/C23H21BrClN5O3/c1-2-32-19-11-14(10-16(24)22(19)33-12-13-6-8-15(25)9-7-13)21-20-17(4-3-5-18(20)31)26-23-27-28-29-30(21)23/h6-11,21H,2-5,12H2,1H3,(H,26,27,29). The smallest absolute Gasteiger partial charge is 0.248 e. The minimum Gasteiger partial charge on any atom is -0.490 e. The SMILES string of the molecule is CCOc1cc(C2C3=C(CCCC3=O)Nc3nnnn32)cc(Br)c1OCc1ccc(Cl)cc1. The first-order chi connectivity index (χ1) is 16.0. The van der Waals surface area contributed by atoms with Crippen LogP contribution in [0, 0.1) is 0 Å². The summed E-state index contributed by atoms with van der Waals surface area (Å²) in [5, 5.41) is 16.0. The lowest BCUT2D eigenvalue weighted by Gasteiger charge is -2.32. The van der Waals surface area contributed by atoms with Gasteiger partial charge in [-0.1, -0.05) is 28.8 Å². The number of carbonyl (C=O) groups is 1. The number of fused-ring (bicyclic) bond motifs is 1. The van der Waals surface area contributed by atoms with Crippen molar-refractivity contribution in [2.45, 2.75) is 38.8 Å². The highest BCUT2D eigenvalue weighted by Crippen LogP contribution is 2.44. The molecule has 0 fully saturated rings. The van der Waals surface area contributed by atoms with E-state index < -0.39 is 6.04 Å². The molecule has 1 N–H and O–H groups in total. The molecule has 0 radical (unpaired) electrons. The van der Waals surface area contributed by atoms with Gasteiger partial charge in [-0.3, -0.25) is 4.79 Å². The molecule has 1 atom stereocenters. The molecule has 5 rings (SSSR count). The zero-order valence-electron chi connectivity index (χ0n) is 17.8. The van der Waals surface area contributed by atoms with E-state index in [1.807, 2.05) is 43.3 Å². The summed E-state index contributed by atoms with van der Waals surface area (Å²) < 4.78 is 14.4. The van der Waals surface area contributed by atoms with Crippen LogP contribution in [0.1, 0.15) is 43.4 Å². The Morgan fingerprint density at radius 3 is 2.82 bits per heavy atom. The molecule has 1 aromatic heterocycles. The van der Waals surface area contributed by atoms with E-state index in [4.69, 9.17) is 21.1 Å². The lowest BCUT2D eigenvalue weighted by atomic mass is 9.85. The quantitative estimate of drug-likeness (QED) is 0.475. The van der Waals surface area contributed by atoms with Crippen LogP contribution in [0.15, 0.2) is 52.1 Å². The summed E-state index contributed by atoms with van der Waals surface area (Å²) in [7, 11) is 0. The fraction of sp³-hybridized carbons (Fsp3) is 0.304. The number of rotatable bonds is 6. The summed E-state index contributed by atoms with van der Waals surface area (Å²) in [6.45, 7) is 2.73. The number of Topliss-reactive ketones (excluding diaryl/α,β-unsaturated/α-hetero) is 1. The van der Waals surface area contributed by atoms with Crippen molar-refractivity contribution >= 4 is 39.3 Å². The van der Waals surface area contributed by atoms with Crippen molar-refractivity contribution in [1.29, 1.82) is 0 Å². The van der Waals surface area contributed by atoms with Gasteiger partial charge in [-0.25, -0.2) is 0 Å². The molecule has 2 aliphatic rings. The van der Waals surface area contributed by atoms with Gasteiger partial charge in [0.05, 0.1) is 11.1 Å². The number of benzene rings is 2. The molecule has 0 saturated heterocycles. The first-order valence-electron chi connectivity index (χ1n) is 10.7. The summed E-state index contributed by atoms with van der Waals surface area (Å²) in [6, 6.07) is 10.9. The van der Waals surface area contributed by atoms with Gasteiger partial charge in [-0.15, -0.1) is 0 Å². The summed E-state index contributed by atoms with van der Waals surface area (Å²) in [5.41, 5.74) is 3.40. The van der Waals surface area contributed by atoms with E-state index in [0.717, 1.165) is 34.1 Å². The van der Waals surface area contributed by atoms with Crippen LogP contribution >= 0.6 is 27.5 Å². The lowest BCUT2D eigenvalue weighted by Crippen LogP contribution is -2.31. The molecule has 0 spiro atoms. The summed E-state index contributed by atoms with van der Waals surface area (Å²) in [5.74, 6) is 1.79. The van der Waals surface area contributed by atoms with Crippen molar-refractivity contribution in [3.8, 4) is 11.5 Å². The van der Waals surface area contributed by atoms with E-state index in [2.05, 4.69) is 36.8 Å². The monoisotopic (exact) mass is 529 g/mol. The topological polar surface area (TPSA) is 91.2 Å². The summed E-state index contributed by atoms with van der Waals surface area (Å²) in [6.07, 6.45) is 2.10. The van der Waals surface area contributed by atoms with E-state index in [9.17, 15) is 4.79 Å². The Morgan fingerprint density at radius 1 is 1.21 bits per heavy atom. The van der Waals surface area contributed by atoms with Crippen LogP contribution in [0.2, 0.25) is 5.02 Å². The number of ketones is 1. The normalized spacial score (nSPS) is 17.3. The Morgan fingerprint density at radius 2 is 2.03 bits per heavy atom. The maximum absolute atomic E-state index is 12.9. The van der Waals surface area contributed by atoms with E-state index in [1.54, 1.807) is 4.68 Å². The number of allylic oxidation sites excluding steroid dienone is 2. The van der Waals surface area contributed by atoms with Crippen molar-refractivity contribution in [1.82, 2.24) is 20.2 Å². The van der Waals surface area contributed by atoms with E-state index >= 15 is 0 Å². The van der Waals surface area contributed by atoms with Crippen LogP contribution in [0.4, 0.5) is 5.95 Å². The second kappa shape index (κ2) is 9.15. The molecule has 2 aromatic carbocycles. The molecule has 2 heterocycles. The maximum Gasteiger partial charge on any atom is 0.248 e.